The molecule has 1 amide bonds. The van der Waals surface area contributed by atoms with Gasteiger partial charge in [0.2, 0.25) is 0 Å². The molecule has 2 unspecified atom stereocenters. The van der Waals surface area contributed by atoms with E-state index in [4.69, 9.17) is 25.8 Å². The molecular weight excluding hydrogens is 430 g/mol. The third-order valence-corrected chi connectivity index (χ3v) is 6.25. The molecule has 0 spiro atoms. The van der Waals surface area contributed by atoms with Crippen LogP contribution in [0.5, 0.6) is 5.75 Å². The summed E-state index contributed by atoms with van der Waals surface area (Å²) in [4.78, 5) is 12.6. The Kier molecular flexibility index (Phi) is 8.03. The number of carbonyl (C=O) groups excluding carboxylic acids is 1. The summed E-state index contributed by atoms with van der Waals surface area (Å²) >= 11 is 6.35. The van der Waals surface area contributed by atoms with Gasteiger partial charge in [-0.2, -0.15) is 0 Å². The molecule has 2 fully saturated rings. The summed E-state index contributed by atoms with van der Waals surface area (Å²) in [5.74, 6) is 0.467. The van der Waals surface area contributed by atoms with E-state index < -0.39 is 6.29 Å². The third-order valence-electron chi connectivity index (χ3n) is 5.94. The van der Waals surface area contributed by atoms with Gasteiger partial charge in [0.05, 0.1) is 23.3 Å². The van der Waals surface area contributed by atoms with Crippen LogP contribution in [-0.4, -0.2) is 36.1 Å². The zero-order valence-corrected chi connectivity index (χ0v) is 18.9. The Bertz CT molecular complexity index is 909. The molecule has 6 nitrogen and oxygen atoms in total. The maximum atomic E-state index is 12.6. The largest absolute Gasteiger partial charge is 0.490 e. The van der Waals surface area contributed by atoms with E-state index in [1.165, 1.54) is 12.8 Å². The Balaban J connectivity index is 1.28. The van der Waals surface area contributed by atoms with Crippen LogP contribution in [0, 0.1) is 0 Å². The normalized spacial score (nSPS) is 19.8. The number of hydrogen-bond donors (Lipinski definition) is 2. The fourth-order valence-electron chi connectivity index (χ4n) is 4.18. The highest BCUT2D eigenvalue weighted by Gasteiger charge is 2.24. The average Bonchev–Trinajstić information content (AvgIpc) is 3.51. The first kappa shape index (κ1) is 23.1. The van der Waals surface area contributed by atoms with Gasteiger partial charge < -0.3 is 24.6 Å². The molecule has 1 aliphatic carbocycles. The van der Waals surface area contributed by atoms with Crippen LogP contribution in [0.4, 0.5) is 0 Å². The molecule has 0 radical (unpaired) electrons. The molecule has 1 saturated carbocycles. The highest BCUT2D eigenvalue weighted by atomic mass is 35.5. The van der Waals surface area contributed by atoms with E-state index in [2.05, 4.69) is 5.32 Å². The Morgan fingerprint density at radius 3 is 2.69 bits per heavy atom. The monoisotopic (exact) mass is 459 g/mol. The lowest BCUT2D eigenvalue weighted by Gasteiger charge is -2.18. The van der Waals surface area contributed by atoms with E-state index in [0.717, 1.165) is 36.8 Å². The van der Waals surface area contributed by atoms with Crippen molar-refractivity contribution in [3.8, 4) is 5.75 Å². The average molecular weight is 460 g/mol. The quantitative estimate of drug-likeness (QED) is 0.536. The first-order valence-corrected chi connectivity index (χ1v) is 11.7. The zero-order chi connectivity index (χ0) is 22.3. The van der Waals surface area contributed by atoms with Crippen molar-refractivity contribution in [2.45, 2.75) is 70.2 Å². The SMILES string of the molecule is O=C(NCc1cccc(COC(O)C2CCCO2)c1)c1ccc(OC2CCCC2)cc1Cl. The van der Waals surface area contributed by atoms with Crippen molar-refractivity contribution in [3.05, 3.63) is 64.2 Å². The van der Waals surface area contributed by atoms with Gasteiger partial charge in [0.25, 0.3) is 5.91 Å². The second kappa shape index (κ2) is 11.1. The Hall–Kier alpha value is -2.12. The maximum Gasteiger partial charge on any atom is 0.253 e. The number of rotatable bonds is 9. The topological polar surface area (TPSA) is 77.0 Å². The molecule has 7 heteroatoms. The molecule has 1 heterocycles. The Labute approximate surface area is 193 Å². The van der Waals surface area contributed by atoms with Gasteiger partial charge in [0.1, 0.15) is 11.9 Å². The molecule has 172 valence electrons. The number of nitrogens with one attached hydrogen (secondary N) is 1. The zero-order valence-electron chi connectivity index (χ0n) is 18.1. The first-order chi connectivity index (χ1) is 15.6. The maximum absolute atomic E-state index is 12.6. The van der Waals surface area contributed by atoms with Gasteiger partial charge in [-0.3, -0.25) is 4.79 Å². The number of aliphatic hydroxyl groups is 1. The summed E-state index contributed by atoms with van der Waals surface area (Å²) in [5, 5.41) is 13.4. The van der Waals surface area contributed by atoms with Crippen molar-refractivity contribution in [1.82, 2.24) is 5.32 Å². The van der Waals surface area contributed by atoms with Crippen LogP contribution in [0.2, 0.25) is 5.02 Å². The highest BCUT2D eigenvalue weighted by Crippen LogP contribution is 2.28. The number of halogens is 1. The van der Waals surface area contributed by atoms with E-state index in [9.17, 15) is 9.90 Å². The van der Waals surface area contributed by atoms with Gasteiger partial charge in [-0.25, -0.2) is 0 Å². The van der Waals surface area contributed by atoms with Gasteiger partial charge in [-0.05, 0) is 67.9 Å². The summed E-state index contributed by atoms with van der Waals surface area (Å²) in [7, 11) is 0. The first-order valence-electron chi connectivity index (χ1n) is 11.3. The van der Waals surface area contributed by atoms with E-state index in [-0.39, 0.29) is 24.7 Å². The fraction of sp³-hybridized carbons (Fsp3) is 0.480. The number of carbonyl (C=O) groups is 1. The lowest BCUT2D eigenvalue weighted by molar-refractivity contribution is -0.171. The summed E-state index contributed by atoms with van der Waals surface area (Å²) in [6, 6.07) is 12.9. The van der Waals surface area contributed by atoms with Gasteiger partial charge in [-0.15, -0.1) is 0 Å². The third kappa shape index (κ3) is 6.23. The van der Waals surface area contributed by atoms with Crippen LogP contribution in [0.15, 0.2) is 42.5 Å². The minimum absolute atomic E-state index is 0.238. The molecule has 2 aliphatic rings. The molecule has 2 N–H and O–H groups in total. The van der Waals surface area contributed by atoms with E-state index >= 15 is 0 Å². The van der Waals surface area contributed by atoms with E-state index in [0.29, 0.717) is 29.5 Å². The molecule has 2 aromatic carbocycles. The van der Waals surface area contributed by atoms with Crippen molar-refractivity contribution in [2.75, 3.05) is 6.61 Å². The molecule has 0 aromatic heterocycles. The Morgan fingerprint density at radius 2 is 1.94 bits per heavy atom. The van der Waals surface area contributed by atoms with Gasteiger partial charge in [-0.1, -0.05) is 35.9 Å². The van der Waals surface area contributed by atoms with Gasteiger partial charge in [0.15, 0.2) is 6.29 Å². The second-order valence-corrected chi connectivity index (χ2v) is 8.83. The van der Waals surface area contributed by atoms with Crippen LogP contribution >= 0.6 is 11.6 Å². The summed E-state index contributed by atoms with van der Waals surface area (Å²) < 4.78 is 16.9. The van der Waals surface area contributed by atoms with Crippen molar-refractivity contribution >= 4 is 17.5 Å². The molecule has 4 rings (SSSR count). The van der Waals surface area contributed by atoms with Crippen molar-refractivity contribution in [2.24, 2.45) is 0 Å². The number of ether oxygens (including phenoxy) is 3. The summed E-state index contributed by atoms with van der Waals surface area (Å²) in [6.45, 7) is 1.30. The smallest absolute Gasteiger partial charge is 0.253 e. The molecule has 1 saturated heterocycles. The highest BCUT2D eigenvalue weighted by molar-refractivity contribution is 6.34. The molecule has 32 heavy (non-hydrogen) atoms. The summed E-state index contributed by atoms with van der Waals surface area (Å²) in [5.41, 5.74) is 2.27. The van der Waals surface area contributed by atoms with Gasteiger partial charge in [0, 0.05) is 13.2 Å². The fourth-order valence-corrected chi connectivity index (χ4v) is 4.43. The standard InChI is InChI=1S/C25H30ClNO5/c26-22-14-20(32-19-7-1-2-8-19)10-11-21(22)24(28)27-15-17-5-3-6-18(13-17)16-31-25(29)23-9-4-12-30-23/h3,5-6,10-11,13-14,19,23,25,29H,1-2,4,7-9,12,15-16H2,(H,27,28). The molecule has 0 bridgehead atoms. The predicted octanol–water partition coefficient (Wildman–Crippen LogP) is 4.61. The van der Waals surface area contributed by atoms with E-state index in [1.807, 2.05) is 24.3 Å². The minimum atomic E-state index is -0.927. The lowest BCUT2D eigenvalue weighted by atomic mass is 10.1. The van der Waals surface area contributed by atoms with Crippen LogP contribution in [0.1, 0.15) is 60.0 Å². The van der Waals surface area contributed by atoms with Crippen molar-refractivity contribution in [1.29, 1.82) is 0 Å². The predicted molar refractivity (Wildman–Crippen MR) is 122 cm³/mol. The number of benzene rings is 2. The van der Waals surface area contributed by atoms with Crippen molar-refractivity contribution < 1.29 is 24.1 Å². The van der Waals surface area contributed by atoms with Crippen LogP contribution in [-0.2, 0) is 22.6 Å². The molecule has 2 aromatic rings. The molecule has 2 atom stereocenters. The van der Waals surface area contributed by atoms with Gasteiger partial charge >= 0.3 is 0 Å². The second-order valence-electron chi connectivity index (χ2n) is 8.42. The van der Waals surface area contributed by atoms with Crippen LogP contribution in [0.3, 0.4) is 0 Å². The van der Waals surface area contributed by atoms with Crippen molar-refractivity contribution in [3.63, 3.8) is 0 Å². The van der Waals surface area contributed by atoms with Crippen LogP contribution < -0.4 is 10.1 Å². The number of hydrogen-bond acceptors (Lipinski definition) is 5. The molecule has 1 aliphatic heterocycles. The van der Waals surface area contributed by atoms with E-state index in [1.54, 1.807) is 18.2 Å². The Morgan fingerprint density at radius 1 is 1.12 bits per heavy atom. The lowest BCUT2D eigenvalue weighted by Crippen LogP contribution is -2.27. The summed E-state index contributed by atoms with van der Waals surface area (Å²) in [6.07, 6.45) is 5.34. The number of amides is 1. The molecular formula is C25H30ClNO5. The minimum Gasteiger partial charge on any atom is -0.490 e. The van der Waals surface area contributed by atoms with Crippen LogP contribution in [0.25, 0.3) is 0 Å². The number of aliphatic hydroxyl groups excluding tert-OH is 1.